The van der Waals surface area contributed by atoms with Gasteiger partial charge in [-0.2, -0.15) is 0 Å². The van der Waals surface area contributed by atoms with Crippen LogP contribution in [-0.2, 0) is 24.3 Å². The molecular weight excluding hydrogens is 344 g/mol. The first-order valence-electron chi connectivity index (χ1n) is 9.50. The molecule has 2 aromatic carbocycles. The Kier molecular flexibility index (Phi) is 7.10. The molecular formula is C22H27ClN2O. The first-order chi connectivity index (χ1) is 12.7. The predicted molar refractivity (Wildman–Crippen MR) is 107 cm³/mol. The van der Waals surface area contributed by atoms with E-state index in [1.807, 2.05) is 24.3 Å². The minimum atomic E-state index is 0.0809. The van der Waals surface area contributed by atoms with Gasteiger partial charge in [0, 0.05) is 24.5 Å². The summed E-state index contributed by atoms with van der Waals surface area (Å²) < 4.78 is 0. The van der Waals surface area contributed by atoms with Gasteiger partial charge in [-0.3, -0.25) is 9.69 Å². The molecule has 1 N–H and O–H groups in total. The van der Waals surface area contributed by atoms with Crippen molar-refractivity contribution < 1.29 is 4.79 Å². The predicted octanol–water partition coefficient (Wildman–Crippen LogP) is 4.57. The molecule has 0 spiro atoms. The summed E-state index contributed by atoms with van der Waals surface area (Å²) in [6, 6.07) is 16.3. The Morgan fingerprint density at radius 2 is 1.50 bits per heavy atom. The van der Waals surface area contributed by atoms with Gasteiger partial charge in [0.25, 0.3) is 0 Å². The second-order valence-corrected chi connectivity index (χ2v) is 7.49. The van der Waals surface area contributed by atoms with E-state index in [1.165, 1.54) is 37.9 Å². The third kappa shape index (κ3) is 6.15. The maximum absolute atomic E-state index is 12.0. The van der Waals surface area contributed by atoms with Crippen LogP contribution in [0.1, 0.15) is 42.4 Å². The van der Waals surface area contributed by atoms with Crippen molar-refractivity contribution in [1.29, 1.82) is 0 Å². The van der Waals surface area contributed by atoms with Crippen molar-refractivity contribution in [2.24, 2.45) is 0 Å². The number of nitrogens with zero attached hydrogens (tertiary/aromatic N) is 1. The number of carbonyl (C=O) groups excluding carboxylic acids is 1. The van der Waals surface area contributed by atoms with Gasteiger partial charge in [-0.1, -0.05) is 54.4 Å². The molecule has 1 heterocycles. The molecule has 3 nitrogen and oxygen atoms in total. The van der Waals surface area contributed by atoms with Crippen molar-refractivity contribution in [3.05, 3.63) is 70.2 Å². The Hall–Kier alpha value is -1.84. The van der Waals surface area contributed by atoms with E-state index in [9.17, 15) is 4.79 Å². The lowest BCUT2D eigenvalue weighted by Crippen LogP contribution is -2.29. The first kappa shape index (κ1) is 18.9. The Morgan fingerprint density at radius 1 is 0.885 bits per heavy atom. The van der Waals surface area contributed by atoms with Crippen LogP contribution in [0.5, 0.6) is 0 Å². The SMILES string of the molecule is O=C(CCc1ccc(Cl)cc1)NCc1ccc(CN2CCCCC2)cc1. The number of hydrogen-bond donors (Lipinski definition) is 1. The van der Waals surface area contributed by atoms with Crippen molar-refractivity contribution in [3.63, 3.8) is 0 Å². The summed E-state index contributed by atoms with van der Waals surface area (Å²) in [7, 11) is 0. The number of carbonyl (C=O) groups is 1. The molecule has 2 aromatic rings. The Balaban J connectivity index is 1.39. The molecule has 0 atom stereocenters. The van der Waals surface area contributed by atoms with Crippen molar-refractivity contribution in [2.75, 3.05) is 13.1 Å². The second kappa shape index (κ2) is 9.75. The van der Waals surface area contributed by atoms with Gasteiger partial charge >= 0.3 is 0 Å². The van der Waals surface area contributed by atoms with Crippen LogP contribution in [0.25, 0.3) is 0 Å². The van der Waals surface area contributed by atoms with Crippen LogP contribution in [0.2, 0.25) is 5.02 Å². The van der Waals surface area contributed by atoms with Gasteiger partial charge in [0.05, 0.1) is 0 Å². The van der Waals surface area contributed by atoms with Crippen molar-refractivity contribution in [3.8, 4) is 0 Å². The highest BCUT2D eigenvalue weighted by molar-refractivity contribution is 6.30. The van der Waals surface area contributed by atoms with Crippen LogP contribution < -0.4 is 5.32 Å². The highest BCUT2D eigenvalue weighted by atomic mass is 35.5. The normalized spacial score (nSPS) is 15.0. The number of nitrogens with one attached hydrogen (secondary N) is 1. The molecule has 0 bridgehead atoms. The van der Waals surface area contributed by atoms with Crippen molar-refractivity contribution >= 4 is 17.5 Å². The fraction of sp³-hybridized carbons (Fsp3) is 0.409. The topological polar surface area (TPSA) is 32.3 Å². The van der Waals surface area contributed by atoms with E-state index in [-0.39, 0.29) is 5.91 Å². The van der Waals surface area contributed by atoms with Crippen molar-refractivity contribution in [1.82, 2.24) is 10.2 Å². The number of halogens is 1. The Labute approximate surface area is 161 Å². The molecule has 0 radical (unpaired) electrons. The average Bonchev–Trinajstić information content (AvgIpc) is 2.68. The first-order valence-corrected chi connectivity index (χ1v) is 9.88. The van der Waals surface area contributed by atoms with Crippen molar-refractivity contribution in [2.45, 2.75) is 45.2 Å². The van der Waals surface area contributed by atoms with Crippen LogP contribution in [0.4, 0.5) is 0 Å². The highest BCUT2D eigenvalue weighted by Gasteiger charge is 2.10. The summed E-state index contributed by atoms with van der Waals surface area (Å²) in [5.41, 5.74) is 3.63. The molecule has 4 heteroatoms. The highest BCUT2D eigenvalue weighted by Crippen LogP contribution is 2.14. The Morgan fingerprint density at radius 3 is 2.19 bits per heavy atom. The molecule has 1 amide bonds. The van der Waals surface area contributed by atoms with Gasteiger partial charge < -0.3 is 5.32 Å². The van der Waals surface area contributed by atoms with E-state index in [1.54, 1.807) is 0 Å². The van der Waals surface area contributed by atoms with Gasteiger partial charge in [0.2, 0.25) is 5.91 Å². The Bertz CT molecular complexity index is 691. The summed E-state index contributed by atoms with van der Waals surface area (Å²) in [5, 5.41) is 3.73. The molecule has 0 aromatic heterocycles. The smallest absolute Gasteiger partial charge is 0.220 e. The molecule has 3 rings (SSSR count). The minimum Gasteiger partial charge on any atom is -0.352 e. The summed E-state index contributed by atoms with van der Waals surface area (Å²) in [6.07, 6.45) is 5.24. The number of likely N-dealkylation sites (tertiary alicyclic amines) is 1. The lowest BCUT2D eigenvalue weighted by atomic mass is 10.1. The zero-order chi connectivity index (χ0) is 18.2. The number of piperidine rings is 1. The number of benzene rings is 2. The quantitative estimate of drug-likeness (QED) is 0.774. The maximum Gasteiger partial charge on any atom is 0.220 e. The summed E-state index contributed by atoms with van der Waals surface area (Å²) in [4.78, 5) is 14.6. The lowest BCUT2D eigenvalue weighted by Gasteiger charge is -2.26. The van der Waals surface area contributed by atoms with Gasteiger partial charge in [0.15, 0.2) is 0 Å². The molecule has 26 heavy (non-hydrogen) atoms. The molecule has 0 saturated carbocycles. The number of aryl methyl sites for hydroxylation is 1. The van der Waals surface area contributed by atoms with Crippen LogP contribution >= 0.6 is 11.6 Å². The molecule has 1 saturated heterocycles. The summed E-state index contributed by atoms with van der Waals surface area (Å²) >= 11 is 5.88. The zero-order valence-corrected chi connectivity index (χ0v) is 16.0. The standard InChI is InChI=1S/C22H27ClN2O/c23-21-11-8-18(9-12-21)10-13-22(26)24-16-19-4-6-20(7-5-19)17-25-14-2-1-3-15-25/h4-9,11-12H,1-3,10,13-17H2,(H,24,26). The zero-order valence-electron chi connectivity index (χ0n) is 15.2. The van der Waals surface area contributed by atoms with Crippen LogP contribution in [-0.4, -0.2) is 23.9 Å². The monoisotopic (exact) mass is 370 g/mol. The fourth-order valence-electron chi connectivity index (χ4n) is 3.34. The van der Waals surface area contributed by atoms with E-state index in [0.717, 1.165) is 29.1 Å². The number of rotatable bonds is 7. The van der Waals surface area contributed by atoms with Crippen LogP contribution in [0.3, 0.4) is 0 Å². The largest absolute Gasteiger partial charge is 0.352 e. The van der Waals surface area contributed by atoms with E-state index in [0.29, 0.717) is 13.0 Å². The molecule has 1 aliphatic rings. The lowest BCUT2D eigenvalue weighted by molar-refractivity contribution is -0.121. The average molecular weight is 371 g/mol. The molecule has 138 valence electrons. The van der Waals surface area contributed by atoms with E-state index in [2.05, 4.69) is 34.5 Å². The second-order valence-electron chi connectivity index (χ2n) is 7.06. The fourth-order valence-corrected chi connectivity index (χ4v) is 3.46. The molecule has 1 aliphatic heterocycles. The molecule has 0 unspecified atom stereocenters. The van der Waals surface area contributed by atoms with Gasteiger partial charge in [-0.05, 0) is 61.2 Å². The molecule has 0 aliphatic carbocycles. The van der Waals surface area contributed by atoms with E-state index in [4.69, 9.17) is 11.6 Å². The van der Waals surface area contributed by atoms with Gasteiger partial charge in [-0.25, -0.2) is 0 Å². The van der Waals surface area contributed by atoms with Gasteiger partial charge in [0.1, 0.15) is 0 Å². The number of hydrogen-bond acceptors (Lipinski definition) is 2. The summed E-state index contributed by atoms with van der Waals surface area (Å²) in [5.74, 6) is 0.0809. The minimum absolute atomic E-state index is 0.0809. The third-order valence-electron chi connectivity index (χ3n) is 4.92. The summed E-state index contributed by atoms with van der Waals surface area (Å²) in [6.45, 7) is 4.05. The van der Waals surface area contributed by atoms with Gasteiger partial charge in [-0.15, -0.1) is 0 Å². The maximum atomic E-state index is 12.0. The van der Waals surface area contributed by atoms with E-state index >= 15 is 0 Å². The van der Waals surface area contributed by atoms with E-state index < -0.39 is 0 Å². The van der Waals surface area contributed by atoms with Crippen LogP contribution in [0, 0.1) is 0 Å². The number of amides is 1. The third-order valence-corrected chi connectivity index (χ3v) is 5.17. The van der Waals surface area contributed by atoms with Crippen LogP contribution in [0.15, 0.2) is 48.5 Å². The molecule has 1 fully saturated rings.